The number of carbonyl (C=O) groups is 1. The van der Waals surface area contributed by atoms with Crippen molar-refractivity contribution >= 4 is 39.4 Å². The number of ether oxygens (including phenoxy) is 2. The van der Waals surface area contributed by atoms with Gasteiger partial charge in [-0.25, -0.2) is 0 Å². The molecule has 0 N–H and O–H groups in total. The normalized spacial score (nSPS) is 13.1. The van der Waals surface area contributed by atoms with Crippen molar-refractivity contribution in [1.29, 1.82) is 0 Å². The van der Waals surface area contributed by atoms with Crippen molar-refractivity contribution in [2.75, 3.05) is 6.79 Å². The lowest BCUT2D eigenvalue weighted by molar-refractivity contribution is 0.108. The zero-order chi connectivity index (χ0) is 9.42. The van der Waals surface area contributed by atoms with Crippen molar-refractivity contribution in [2.45, 2.75) is 0 Å². The lowest BCUT2D eigenvalue weighted by atomic mass is 10.2. The van der Waals surface area contributed by atoms with Crippen LogP contribution >= 0.6 is 34.2 Å². The van der Waals surface area contributed by atoms with Crippen LogP contribution in [0.1, 0.15) is 10.4 Å². The third-order valence-corrected chi connectivity index (χ3v) is 2.77. The van der Waals surface area contributed by atoms with Crippen molar-refractivity contribution in [3.63, 3.8) is 0 Å². The van der Waals surface area contributed by atoms with Crippen LogP contribution in [0.2, 0.25) is 0 Å². The average Bonchev–Trinajstić information content (AvgIpc) is 2.48. The van der Waals surface area contributed by atoms with Crippen LogP contribution in [0.25, 0.3) is 0 Å². The van der Waals surface area contributed by atoms with E-state index in [-0.39, 0.29) is 6.79 Å². The molecule has 0 saturated carbocycles. The Balaban J connectivity index is 2.55. The van der Waals surface area contributed by atoms with Crippen molar-refractivity contribution in [2.24, 2.45) is 0 Å². The first-order valence-electron chi connectivity index (χ1n) is 3.47. The maximum atomic E-state index is 10.9. The third-order valence-electron chi connectivity index (χ3n) is 1.67. The molecule has 1 aromatic carbocycles. The van der Waals surface area contributed by atoms with E-state index in [0.29, 0.717) is 17.1 Å². The predicted molar refractivity (Wildman–Crippen MR) is 55.5 cm³/mol. The smallest absolute Gasteiger partial charge is 0.253 e. The highest BCUT2D eigenvalue weighted by Crippen LogP contribution is 2.35. The van der Waals surface area contributed by atoms with Gasteiger partial charge >= 0.3 is 0 Å². The Labute approximate surface area is 93.1 Å². The number of carbonyl (C=O) groups excluding carboxylic acids is 1. The zero-order valence-corrected chi connectivity index (χ0v) is 9.26. The summed E-state index contributed by atoms with van der Waals surface area (Å²) in [5.41, 5.74) is 0.450. The molecule has 68 valence electrons. The first-order chi connectivity index (χ1) is 6.18. The van der Waals surface area contributed by atoms with Gasteiger partial charge in [-0.05, 0) is 46.3 Å². The second kappa shape index (κ2) is 3.34. The van der Waals surface area contributed by atoms with Crippen molar-refractivity contribution < 1.29 is 14.3 Å². The van der Waals surface area contributed by atoms with Crippen molar-refractivity contribution in [3.05, 3.63) is 21.3 Å². The Hall–Kier alpha value is -0.490. The fourth-order valence-corrected chi connectivity index (χ4v) is 2.07. The molecule has 1 heterocycles. The monoisotopic (exact) mass is 310 g/mol. The van der Waals surface area contributed by atoms with Crippen LogP contribution in [0.3, 0.4) is 0 Å². The van der Waals surface area contributed by atoms with E-state index in [9.17, 15) is 4.79 Å². The fourth-order valence-electron chi connectivity index (χ4n) is 1.07. The number of fused-ring (bicyclic) bond motifs is 1. The van der Waals surface area contributed by atoms with E-state index in [2.05, 4.69) is 0 Å². The van der Waals surface area contributed by atoms with Crippen LogP contribution in [-0.4, -0.2) is 12.0 Å². The van der Waals surface area contributed by atoms with E-state index in [0.717, 1.165) is 3.57 Å². The minimum absolute atomic E-state index is 0.200. The van der Waals surface area contributed by atoms with Crippen LogP contribution in [0, 0.1) is 3.57 Å². The Morgan fingerprint density at radius 1 is 1.38 bits per heavy atom. The molecule has 5 heteroatoms. The lowest BCUT2D eigenvalue weighted by Crippen LogP contribution is -1.93. The molecule has 1 aliphatic rings. The van der Waals surface area contributed by atoms with Gasteiger partial charge in [-0.1, -0.05) is 0 Å². The lowest BCUT2D eigenvalue weighted by Gasteiger charge is -2.00. The third kappa shape index (κ3) is 1.60. The molecule has 1 aromatic rings. The van der Waals surface area contributed by atoms with E-state index in [1.165, 1.54) is 0 Å². The molecule has 3 nitrogen and oxygen atoms in total. The van der Waals surface area contributed by atoms with Crippen molar-refractivity contribution in [1.82, 2.24) is 0 Å². The maximum absolute atomic E-state index is 10.9. The van der Waals surface area contributed by atoms with Crippen LogP contribution in [-0.2, 0) is 0 Å². The van der Waals surface area contributed by atoms with Gasteiger partial charge in [-0.15, -0.1) is 0 Å². The summed E-state index contributed by atoms with van der Waals surface area (Å²) in [4.78, 5) is 10.9. The summed E-state index contributed by atoms with van der Waals surface area (Å²) in [6.45, 7) is 0.200. The maximum Gasteiger partial charge on any atom is 0.253 e. The van der Waals surface area contributed by atoms with E-state index >= 15 is 0 Å². The quantitative estimate of drug-likeness (QED) is 0.590. The number of halogens is 2. The van der Waals surface area contributed by atoms with Gasteiger partial charge in [0.15, 0.2) is 11.5 Å². The second-order valence-electron chi connectivity index (χ2n) is 2.46. The Morgan fingerprint density at radius 3 is 2.62 bits per heavy atom. The summed E-state index contributed by atoms with van der Waals surface area (Å²) in [5, 5.41) is -0.484. The van der Waals surface area contributed by atoms with E-state index < -0.39 is 5.24 Å². The Kier molecular flexibility index (Phi) is 2.33. The summed E-state index contributed by atoms with van der Waals surface area (Å²) in [7, 11) is 0. The zero-order valence-electron chi connectivity index (χ0n) is 6.34. The number of benzene rings is 1. The fraction of sp³-hybridized carbons (Fsp3) is 0.125. The molecule has 0 fully saturated rings. The van der Waals surface area contributed by atoms with Crippen LogP contribution in [0.5, 0.6) is 11.5 Å². The van der Waals surface area contributed by atoms with Gasteiger partial charge in [0.05, 0.1) is 5.56 Å². The molecule has 0 saturated heterocycles. The Bertz CT molecular complexity index is 378. The van der Waals surface area contributed by atoms with E-state index in [1.54, 1.807) is 12.1 Å². The summed E-state index contributed by atoms with van der Waals surface area (Å²) in [6.07, 6.45) is 0. The molecule has 0 radical (unpaired) electrons. The highest BCUT2D eigenvalue weighted by atomic mass is 127. The van der Waals surface area contributed by atoms with Gasteiger partial charge < -0.3 is 9.47 Å². The van der Waals surface area contributed by atoms with Crippen LogP contribution in [0.4, 0.5) is 0 Å². The summed E-state index contributed by atoms with van der Waals surface area (Å²) >= 11 is 7.40. The summed E-state index contributed by atoms with van der Waals surface area (Å²) < 4.78 is 11.0. The Morgan fingerprint density at radius 2 is 2.00 bits per heavy atom. The number of rotatable bonds is 1. The molecule has 2 rings (SSSR count). The van der Waals surface area contributed by atoms with Gasteiger partial charge in [0.25, 0.3) is 5.24 Å². The van der Waals surface area contributed by atoms with Crippen LogP contribution < -0.4 is 9.47 Å². The first kappa shape index (κ1) is 9.08. The van der Waals surface area contributed by atoms with Gasteiger partial charge in [0.2, 0.25) is 6.79 Å². The first-order valence-corrected chi connectivity index (χ1v) is 4.93. The summed E-state index contributed by atoms with van der Waals surface area (Å²) in [6, 6.07) is 3.33. The molecule has 0 aliphatic carbocycles. The standard InChI is InChI=1S/C8H4ClIO3/c9-8(11)4-1-6-7(2-5(4)10)13-3-12-6/h1-2H,3H2. The minimum Gasteiger partial charge on any atom is -0.454 e. The van der Waals surface area contributed by atoms with Crippen LogP contribution in [0.15, 0.2) is 12.1 Å². The molecular formula is C8H4ClIO3. The topological polar surface area (TPSA) is 35.5 Å². The highest BCUT2D eigenvalue weighted by Gasteiger charge is 2.18. The molecule has 0 spiro atoms. The average molecular weight is 310 g/mol. The number of hydrogen-bond donors (Lipinski definition) is 0. The molecule has 1 aliphatic heterocycles. The second-order valence-corrected chi connectivity index (χ2v) is 3.96. The molecule has 0 unspecified atom stereocenters. The highest BCUT2D eigenvalue weighted by molar-refractivity contribution is 14.1. The molecular weight excluding hydrogens is 306 g/mol. The van der Waals surface area contributed by atoms with Gasteiger partial charge in [0.1, 0.15) is 0 Å². The predicted octanol–water partition coefficient (Wildman–Crippen LogP) is 2.40. The van der Waals surface area contributed by atoms with Gasteiger partial charge in [0, 0.05) is 3.57 Å². The molecule has 0 atom stereocenters. The SMILES string of the molecule is O=C(Cl)c1cc2c(cc1I)OCO2. The van der Waals surface area contributed by atoms with E-state index in [4.69, 9.17) is 21.1 Å². The molecule has 0 aromatic heterocycles. The minimum atomic E-state index is -0.484. The van der Waals surface area contributed by atoms with E-state index in [1.807, 2.05) is 22.6 Å². The largest absolute Gasteiger partial charge is 0.454 e. The van der Waals surface area contributed by atoms with Gasteiger partial charge in [-0.2, -0.15) is 0 Å². The number of hydrogen-bond acceptors (Lipinski definition) is 3. The molecule has 13 heavy (non-hydrogen) atoms. The van der Waals surface area contributed by atoms with Crippen molar-refractivity contribution in [3.8, 4) is 11.5 Å². The summed E-state index contributed by atoms with van der Waals surface area (Å²) in [5.74, 6) is 1.23. The van der Waals surface area contributed by atoms with Gasteiger partial charge in [-0.3, -0.25) is 4.79 Å². The molecule has 0 bridgehead atoms. The molecule has 0 amide bonds.